The molecule has 0 N–H and O–H groups in total. The van der Waals surface area contributed by atoms with Gasteiger partial charge in [0.05, 0.1) is 0 Å². The van der Waals surface area contributed by atoms with Crippen molar-refractivity contribution in [1.82, 2.24) is 0 Å². The van der Waals surface area contributed by atoms with Crippen molar-refractivity contribution in [2.75, 3.05) is 27.4 Å². The summed E-state index contributed by atoms with van der Waals surface area (Å²) >= 11 is 0. The predicted octanol–water partition coefficient (Wildman–Crippen LogP) is 7.74. The van der Waals surface area contributed by atoms with Crippen LogP contribution in [0.1, 0.15) is 86.5 Å². The van der Waals surface area contributed by atoms with Crippen LogP contribution in [0.2, 0.25) is 5.04 Å². The Morgan fingerprint density at radius 1 is 0.930 bits per heavy atom. The van der Waals surface area contributed by atoms with Crippen molar-refractivity contribution >= 4 is 24.5 Å². The van der Waals surface area contributed by atoms with Crippen LogP contribution in [0.25, 0.3) is 0 Å². The number of ketones is 1. The van der Waals surface area contributed by atoms with Gasteiger partial charge in [-0.25, -0.2) is 0 Å². The standard InChI is InChI=1S/C38H56O4Si/c1-9-30(42-43(36(2,3)4,31-16-12-10-13-17-31)32-18-14-11-15-19-32)22-25-38(6)34-21-20-33(29(28-41-8)24-27-40-7)37(34,5)26-23-35(38)39/h10-19,21,29-30,33H,9,20,22-28H2,1-8H3/t29-,30?,33+,37+,38+/m1/s1. The number of benzene rings is 2. The van der Waals surface area contributed by atoms with Gasteiger partial charge in [0, 0.05) is 45.4 Å². The molecule has 2 aliphatic rings. The first-order valence-corrected chi connectivity index (χ1v) is 18.4. The van der Waals surface area contributed by atoms with E-state index in [1.54, 1.807) is 14.2 Å². The number of ether oxygens (including phenoxy) is 2. The van der Waals surface area contributed by atoms with E-state index >= 15 is 0 Å². The highest BCUT2D eigenvalue weighted by Gasteiger charge is 2.56. The largest absolute Gasteiger partial charge is 0.404 e. The number of allylic oxidation sites excluding steroid dienone is 2. The van der Waals surface area contributed by atoms with Gasteiger partial charge in [-0.3, -0.25) is 4.79 Å². The van der Waals surface area contributed by atoms with Gasteiger partial charge in [0.15, 0.2) is 0 Å². The summed E-state index contributed by atoms with van der Waals surface area (Å²) in [5.74, 6) is 1.29. The molecule has 0 aromatic heterocycles. The van der Waals surface area contributed by atoms with Gasteiger partial charge in [-0.2, -0.15) is 0 Å². The van der Waals surface area contributed by atoms with Crippen LogP contribution < -0.4 is 10.4 Å². The Balaban J connectivity index is 1.63. The molecule has 43 heavy (non-hydrogen) atoms. The summed E-state index contributed by atoms with van der Waals surface area (Å²) in [5, 5.41) is 2.54. The maximum Gasteiger partial charge on any atom is 0.261 e. The fourth-order valence-corrected chi connectivity index (χ4v) is 13.3. The molecule has 5 atom stereocenters. The Kier molecular flexibility index (Phi) is 11.0. The molecule has 0 spiro atoms. The van der Waals surface area contributed by atoms with E-state index in [1.165, 1.54) is 15.9 Å². The van der Waals surface area contributed by atoms with E-state index in [4.69, 9.17) is 13.9 Å². The molecule has 4 rings (SSSR count). The zero-order valence-electron chi connectivity index (χ0n) is 28.1. The number of carbonyl (C=O) groups is 1. The van der Waals surface area contributed by atoms with Crippen molar-refractivity contribution in [3.63, 3.8) is 0 Å². The van der Waals surface area contributed by atoms with Crippen LogP contribution in [-0.2, 0) is 18.7 Å². The molecule has 1 unspecified atom stereocenters. The van der Waals surface area contributed by atoms with Crippen molar-refractivity contribution in [1.29, 1.82) is 0 Å². The second-order valence-corrected chi connectivity index (χ2v) is 18.7. The SMILES string of the molecule is CCC(CC[C@]1(C)C(=O)CC[C@]2(C)C1=CC[C@H]2[C@H](CCOC)COC)O[Si](c1ccccc1)(c1ccccc1)C(C)(C)C. The molecule has 2 aromatic rings. The summed E-state index contributed by atoms with van der Waals surface area (Å²) in [4.78, 5) is 13.8. The highest BCUT2D eigenvalue weighted by Crippen LogP contribution is 2.61. The second kappa shape index (κ2) is 13.9. The number of hydrogen-bond acceptors (Lipinski definition) is 4. The average Bonchev–Trinajstić information content (AvgIpc) is 3.36. The fraction of sp³-hybridized carbons (Fsp3) is 0.605. The molecule has 0 radical (unpaired) electrons. The monoisotopic (exact) mass is 604 g/mol. The Labute approximate surface area is 262 Å². The fourth-order valence-electron chi connectivity index (χ4n) is 8.52. The molecule has 1 fully saturated rings. The third kappa shape index (κ3) is 6.52. The average molecular weight is 605 g/mol. The van der Waals surface area contributed by atoms with Gasteiger partial charge >= 0.3 is 0 Å². The number of methoxy groups -OCH3 is 2. The van der Waals surface area contributed by atoms with Gasteiger partial charge in [0.2, 0.25) is 0 Å². The predicted molar refractivity (Wildman–Crippen MR) is 181 cm³/mol. The molecule has 5 heteroatoms. The number of Topliss-reactive ketones (excluding diaryl/α,β-unsaturated/α-hetero) is 1. The summed E-state index contributed by atoms with van der Waals surface area (Å²) < 4.78 is 18.7. The quantitative estimate of drug-likeness (QED) is 0.163. The van der Waals surface area contributed by atoms with Gasteiger partial charge in [-0.05, 0) is 78.1 Å². The van der Waals surface area contributed by atoms with Crippen LogP contribution in [0, 0.1) is 22.7 Å². The second-order valence-electron chi connectivity index (χ2n) is 14.5. The van der Waals surface area contributed by atoms with E-state index in [9.17, 15) is 4.79 Å². The smallest absolute Gasteiger partial charge is 0.261 e. The molecule has 0 saturated heterocycles. The molecule has 0 heterocycles. The molecule has 2 aliphatic carbocycles. The van der Waals surface area contributed by atoms with Gasteiger partial charge < -0.3 is 13.9 Å². The molecule has 1 saturated carbocycles. The summed E-state index contributed by atoms with van der Waals surface area (Å²) in [5.41, 5.74) is 0.934. The lowest BCUT2D eigenvalue weighted by Crippen LogP contribution is -2.67. The lowest BCUT2D eigenvalue weighted by atomic mass is 9.54. The summed E-state index contributed by atoms with van der Waals surface area (Å²) in [6.45, 7) is 15.4. The first-order valence-electron chi connectivity index (χ1n) is 16.5. The van der Waals surface area contributed by atoms with Gasteiger partial charge in [0.25, 0.3) is 8.32 Å². The van der Waals surface area contributed by atoms with Gasteiger partial charge in [-0.1, -0.05) is 107 Å². The minimum absolute atomic E-state index is 0.0140. The van der Waals surface area contributed by atoms with Gasteiger partial charge in [-0.15, -0.1) is 0 Å². The third-order valence-corrected chi connectivity index (χ3v) is 16.0. The van der Waals surface area contributed by atoms with Crippen LogP contribution in [0.5, 0.6) is 0 Å². The van der Waals surface area contributed by atoms with Crippen molar-refractivity contribution in [2.45, 2.75) is 97.6 Å². The molecule has 236 valence electrons. The van der Waals surface area contributed by atoms with Crippen molar-refractivity contribution in [3.05, 3.63) is 72.3 Å². The zero-order valence-corrected chi connectivity index (χ0v) is 29.1. The Bertz CT molecular complexity index is 1180. The number of fused-ring (bicyclic) bond motifs is 1. The molecule has 0 amide bonds. The van der Waals surface area contributed by atoms with E-state index in [-0.39, 0.29) is 16.6 Å². The van der Waals surface area contributed by atoms with Crippen LogP contribution >= 0.6 is 0 Å². The topological polar surface area (TPSA) is 44.8 Å². The van der Waals surface area contributed by atoms with Crippen molar-refractivity contribution in [3.8, 4) is 0 Å². The highest BCUT2D eigenvalue weighted by atomic mass is 28.4. The minimum atomic E-state index is -2.68. The minimum Gasteiger partial charge on any atom is -0.404 e. The first kappa shape index (κ1) is 33.8. The Morgan fingerprint density at radius 2 is 1.53 bits per heavy atom. The van der Waals surface area contributed by atoms with Crippen molar-refractivity contribution < 1.29 is 18.7 Å². The number of carbonyl (C=O) groups excluding carboxylic acids is 1. The van der Waals surface area contributed by atoms with E-state index < -0.39 is 13.7 Å². The zero-order chi connectivity index (χ0) is 31.3. The Morgan fingerprint density at radius 3 is 2.05 bits per heavy atom. The molecular weight excluding hydrogens is 549 g/mol. The molecule has 4 nitrogen and oxygen atoms in total. The van der Waals surface area contributed by atoms with E-state index in [0.717, 1.165) is 51.7 Å². The van der Waals surface area contributed by atoms with Crippen LogP contribution in [-0.4, -0.2) is 47.6 Å². The van der Waals surface area contributed by atoms with Crippen LogP contribution in [0.3, 0.4) is 0 Å². The molecule has 0 bridgehead atoms. The van der Waals surface area contributed by atoms with Crippen molar-refractivity contribution in [2.24, 2.45) is 22.7 Å². The third-order valence-electron chi connectivity index (χ3n) is 10.9. The number of hydrogen-bond donors (Lipinski definition) is 0. The lowest BCUT2D eigenvalue weighted by Gasteiger charge is -2.49. The van der Waals surface area contributed by atoms with E-state index in [2.05, 4.69) is 108 Å². The molecule has 0 aliphatic heterocycles. The van der Waals surface area contributed by atoms with E-state index in [1.807, 2.05) is 0 Å². The highest BCUT2D eigenvalue weighted by molar-refractivity contribution is 6.99. The lowest BCUT2D eigenvalue weighted by molar-refractivity contribution is -0.131. The summed E-state index contributed by atoms with van der Waals surface area (Å²) in [7, 11) is 0.903. The molecule has 2 aromatic carbocycles. The van der Waals surface area contributed by atoms with Crippen LogP contribution in [0.15, 0.2) is 72.3 Å². The molecular formula is C38H56O4Si. The van der Waals surface area contributed by atoms with E-state index in [0.29, 0.717) is 24.0 Å². The number of rotatable bonds is 14. The van der Waals surface area contributed by atoms with Gasteiger partial charge in [0.1, 0.15) is 5.78 Å². The maximum absolute atomic E-state index is 13.8. The Hall–Kier alpha value is -2.05. The first-order chi connectivity index (χ1) is 20.5. The summed E-state index contributed by atoms with van der Waals surface area (Å²) in [6.07, 6.45) is 8.68. The summed E-state index contributed by atoms with van der Waals surface area (Å²) in [6, 6.07) is 21.8. The normalized spacial score (nSPS) is 25.7. The van der Waals surface area contributed by atoms with Crippen LogP contribution in [0.4, 0.5) is 0 Å². The maximum atomic E-state index is 13.8.